The number of likely N-dealkylation sites (N-methyl/N-ethyl adjacent to an activating group) is 1. The van der Waals surface area contributed by atoms with Gasteiger partial charge in [-0.3, -0.25) is 0 Å². The van der Waals surface area contributed by atoms with E-state index < -0.39 is 0 Å². The molecule has 0 bridgehead atoms. The van der Waals surface area contributed by atoms with Crippen molar-refractivity contribution in [3.63, 3.8) is 0 Å². The van der Waals surface area contributed by atoms with Crippen LogP contribution in [0.1, 0.15) is 18.1 Å². The number of hydrogen-bond donors (Lipinski definition) is 1. The van der Waals surface area contributed by atoms with Gasteiger partial charge < -0.3 is 19.5 Å². The van der Waals surface area contributed by atoms with E-state index in [1.807, 2.05) is 49.9 Å². The second-order valence-corrected chi connectivity index (χ2v) is 6.80. The lowest BCUT2D eigenvalue weighted by Gasteiger charge is -2.22. The number of ether oxygens (including phenoxy) is 1. The fourth-order valence-electron chi connectivity index (χ4n) is 2.90. The summed E-state index contributed by atoms with van der Waals surface area (Å²) in [6.07, 6.45) is 5.60. The Morgan fingerprint density at radius 1 is 1.10 bits per heavy atom. The molecule has 3 aromatic rings. The molecule has 0 amide bonds. The summed E-state index contributed by atoms with van der Waals surface area (Å²) in [4.78, 5) is 11.0. The molecule has 0 saturated heterocycles. The maximum absolute atomic E-state index is 5.79. The molecule has 0 aliphatic carbocycles. The summed E-state index contributed by atoms with van der Waals surface area (Å²) >= 11 is 0. The Morgan fingerprint density at radius 2 is 1.86 bits per heavy atom. The highest BCUT2D eigenvalue weighted by molar-refractivity contribution is 5.79. The average Bonchev–Trinajstić information content (AvgIpc) is 3.26. The van der Waals surface area contributed by atoms with Gasteiger partial charge in [-0.05, 0) is 30.2 Å². The Labute approximate surface area is 172 Å². The molecule has 6 nitrogen and oxygen atoms in total. The molecule has 1 N–H and O–H groups in total. The quantitative estimate of drug-likeness (QED) is 0.449. The second-order valence-electron chi connectivity index (χ2n) is 6.80. The average molecular weight is 392 g/mol. The summed E-state index contributed by atoms with van der Waals surface area (Å²) in [6, 6.07) is 18.4. The highest BCUT2D eigenvalue weighted by Crippen LogP contribution is 2.09. The Kier molecular flexibility index (Phi) is 7.69. The van der Waals surface area contributed by atoms with Crippen molar-refractivity contribution in [2.75, 3.05) is 26.7 Å². The van der Waals surface area contributed by atoms with Gasteiger partial charge in [0.2, 0.25) is 0 Å². The van der Waals surface area contributed by atoms with Gasteiger partial charge in [0.1, 0.15) is 12.4 Å². The highest BCUT2D eigenvalue weighted by Gasteiger charge is 2.06. The highest BCUT2D eigenvalue weighted by atomic mass is 16.5. The Hall–Kier alpha value is -3.28. The van der Waals surface area contributed by atoms with Gasteiger partial charge in [-0.2, -0.15) is 0 Å². The van der Waals surface area contributed by atoms with Gasteiger partial charge in [0.25, 0.3) is 0 Å². The maximum atomic E-state index is 5.79. The first-order chi connectivity index (χ1) is 14.2. The molecule has 1 heterocycles. The van der Waals surface area contributed by atoms with Crippen molar-refractivity contribution < 1.29 is 4.74 Å². The van der Waals surface area contributed by atoms with Crippen LogP contribution in [0.4, 0.5) is 0 Å². The molecular formula is C23H29N5O. The summed E-state index contributed by atoms with van der Waals surface area (Å²) in [6.45, 7) is 5.73. The zero-order valence-corrected chi connectivity index (χ0v) is 17.2. The van der Waals surface area contributed by atoms with Gasteiger partial charge in [0.15, 0.2) is 5.96 Å². The molecule has 2 aromatic carbocycles. The molecule has 0 aliphatic rings. The number of hydrogen-bond acceptors (Lipinski definition) is 3. The number of para-hydroxylation sites is 1. The Balaban J connectivity index is 1.52. The van der Waals surface area contributed by atoms with Gasteiger partial charge in [0, 0.05) is 32.5 Å². The van der Waals surface area contributed by atoms with E-state index in [1.54, 1.807) is 6.20 Å². The summed E-state index contributed by atoms with van der Waals surface area (Å²) in [5, 5.41) is 3.35. The fourth-order valence-corrected chi connectivity index (χ4v) is 2.90. The van der Waals surface area contributed by atoms with Crippen LogP contribution in [0, 0.1) is 0 Å². The maximum Gasteiger partial charge on any atom is 0.194 e. The van der Waals surface area contributed by atoms with Crippen molar-refractivity contribution in [1.82, 2.24) is 19.8 Å². The number of aromatic nitrogens is 2. The summed E-state index contributed by atoms with van der Waals surface area (Å²) in [5.74, 6) is 1.77. The first kappa shape index (κ1) is 20.5. The Bertz CT molecular complexity index is 860. The number of nitrogens with one attached hydrogen (secondary N) is 1. The standard InChI is InChI=1S/C23H29N5O/c1-3-25-23(27(2)15-16-29-22-7-5-4-6-8-22)26-17-20-9-11-21(12-10-20)18-28-14-13-24-19-28/h4-14,19H,3,15-18H2,1-2H3,(H,25,26). The third kappa shape index (κ3) is 6.68. The molecule has 0 fully saturated rings. The number of nitrogens with zero attached hydrogens (tertiary/aromatic N) is 4. The van der Waals surface area contributed by atoms with E-state index in [2.05, 4.69) is 51.0 Å². The van der Waals surface area contributed by atoms with Crippen LogP contribution in [0.3, 0.4) is 0 Å². The van der Waals surface area contributed by atoms with E-state index in [9.17, 15) is 0 Å². The molecule has 1 aromatic heterocycles. The van der Waals surface area contributed by atoms with Gasteiger partial charge in [0.05, 0.1) is 19.4 Å². The third-order valence-electron chi connectivity index (χ3n) is 4.49. The van der Waals surface area contributed by atoms with E-state index in [4.69, 9.17) is 9.73 Å². The van der Waals surface area contributed by atoms with Crippen molar-refractivity contribution in [1.29, 1.82) is 0 Å². The molecule has 0 atom stereocenters. The number of aliphatic imine (C=N–C) groups is 1. The first-order valence-electron chi connectivity index (χ1n) is 9.95. The van der Waals surface area contributed by atoms with Crippen LogP contribution in [-0.2, 0) is 13.1 Å². The summed E-state index contributed by atoms with van der Waals surface area (Å²) in [7, 11) is 2.03. The van der Waals surface area contributed by atoms with E-state index in [0.29, 0.717) is 13.2 Å². The summed E-state index contributed by atoms with van der Waals surface area (Å²) in [5.41, 5.74) is 2.43. The molecule has 0 spiro atoms. The number of benzene rings is 2. The normalized spacial score (nSPS) is 11.3. The first-order valence-corrected chi connectivity index (χ1v) is 9.95. The minimum atomic E-state index is 0.605. The lowest BCUT2D eigenvalue weighted by molar-refractivity contribution is 0.281. The topological polar surface area (TPSA) is 54.7 Å². The van der Waals surface area contributed by atoms with Gasteiger partial charge in [-0.1, -0.05) is 42.5 Å². The molecule has 6 heteroatoms. The fraction of sp³-hybridized carbons (Fsp3) is 0.304. The van der Waals surface area contributed by atoms with Crippen LogP contribution in [0.2, 0.25) is 0 Å². The van der Waals surface area contributed by atoms with Crippen molar-refractivity contribution in [3.8, 4) is 5.75 Å². The molecule has 29 heavy (non-hydrogen) atoms. The van der Waals surface area contributed by atoms with E-state index in [0.717, 1.165) is 31.3 Å². The van der Waals surface area contributed by atoms with Crippen molar-refractivity contribution in [2.45, 2.75) is 20.0 Å². The number of imidazole rings is 1. The Morgan fingerprint density at radius 3 is 2.55 bits per heavy atom. The minimum absolute atomic E-state index is 0.605. The number of rotatable bonds is 9. The third-order valence-corrected chi connectivity index (χ3v) is 4.49. The van der Waals surface area contributed by atoms with Crippen LogP contribution in [0.25, 0.3) is 0 Å². The lowest BCUT2D eigenvalue weighted by Crippen LogP contribution is -2.40. The van der Waals surface area contributed by atoms with Crippen LogP contribution in [0.15, 0.2) is 78.3 Å². The largest absolute Gasteiger partial charge is 0.492 e. The zero-order chi connectivity index (χ0) is 20.3. The van der Waals surface area contributed by atoms with E-state index >= 15 is 0 Å². The van der Waals surface area contributed by atoms with Gasteiger partial charge in [-0.15, -0.1) is 0 Å². The van der Waals surface area contributed by atoms with Crippen molar-refractivity contribution in [2.24, 2.45) is 4.99 Å². The van der Waals surface area contributed by atoms with E-state index in [-0.39, 0.29) is 0 Å². The van der Waals surface area contributed by atoms with Crippen LogP contribution < -0.4 is 10.1 Å². The second kappa shape index (κ2) is 10.9. The smallest absolute Gasteiger partial charge is 0.194 e. The predicted octanol–water partition coefficient (Wildman–Crippen LogP) is 3.41. The van der Waals surface area contributed by atoms with Crippen LogP contribution in [-0.4, -0.2) is 47.2 Å². The number of guanidine groups is 1. The molecular weight excluding hydrogens is 362 g/mol. The zero-order valence-electron chi connectivity index (χ0n) is 17.2. The SMILES string of the molecule is CCNC(=NCc1ccc(Cn2ccnc2)cc1)N(C)CCOc1ccccc1. The molecule has 0 radical (unpaired) electrons. The molecule has 152 valence electrons. The lowest BCUT2D eigenvalue weighted by atomic mass is 10.1. The van der Waals surface area contributed by atoms with Crippen molar-refractivity contribution >= 4 is 5.96 Å². The van der Waals surface area contributed by atoms with Crippen LogP contribution >= 0.6 is 0 Å². The minimum Gasteiger partial charge on any atom is -0.492 e. The molecule has 3 rings (SSSR count). The monoisotopic (exact) mass is 391 g/mol. The van der Waals surface area contributed by atoms with Gasteiger partial charge in [-0.25, -0.2) is 9.98 Å². The van der Waals surface area contributed by atoms with E-state index in [1.165, 1.54) is 11.1 Å². The van der Waals surface area contributed by atoms with Crippen molar-refractivity contribution in [3.05, 3.63) is 84.4 Å². The van der Waals surface area contributed by atoms with Gasteiger partial charge >= 0.3 is 0 Å². The predicted molar refractivity (Wildman–Crippen MR) is 117 cm³/mol. The summed E-state index contributed by atoms with van der Waals surface area (Å²) < 4.78 is 7.85. The molecule has 0 saturated carbocycles. The molecule has 0 aliphatic heterocycles. The van der Waals surface area contributed by atoms with Crippen LogP contribution in [0.5, 0.6) is 5.75 Å². The molecule has 0 unspecified atom stereocenters.